The lowest BCUT2D eigenvalue weighted by molar-refractivity contribution is 0.445. The molecule has 0 saturated heterocycles. The molecule has 2 aromatic heterocycles. The summed E-state index contributed by atoms with van der Waals surface area (Å²) in [7, 11) is 0. The average Bonchev–Trinajstić information content (AvgIpc) is 2.25. The molecule has 0 aliphatic carbocycles. The number of nitrogens with zero attached hydrogens (tertiary/aromatic N) is 2. The zero-order chi connectivity index (χ0) is 10.7. The van der Waals surface area contributed by atoms with Crippen molar-refractivity contribution >= 4 is 23.2 Å². The second-order valence-corrected chi connectivity index (χ2v) is 3.60. The molecule has 0 radical (unpaired) electrons. The monoisotopic (exact) mass is 240 g/mol. The summed E-state index contributed by atoms with van der Waals surface area (Å²) in [6, 6.07) is 6.72. The van der Waals surface area contributed by atoms with Crippen LogP contribution in [0.5, 0.6) is 11.8 Å². The molecule has 0 fully saturated rings. The Labute approximate surface area is 96.6 Å². The van der Waals surface area contributed by atoms with E-state index in [9.17, 15) is 0 Å². The molecule has 3 nitrogen and oxygen atoms in total. The zero-order valence-corrected chi connectivity index (χ0v) is 9.03. The SMILES string of the molecule is Clc1ccc(Oc2ccc(Cl)cn2)nc1. The van der Waals surface area contributed by atoms with Crippen LogP contribution in [-0.2, 0) is 0 Å². The highest BCUT2D eigenvalue weighted by Crippen LogP contribution is 2.19. The third-order valence-electron chi connectivity index (χ3n) is 1.61. The Morgan fingerprint density at radius 2 is 1.27 bits per heavy atom. The van der Waals surface area contributed by atoms with Gasteiger partial charge in [-0.15, -0.1) is 0 Å². The van der Waals surface area contributed by atoms with E-state index in [-0.39, 0.29) is 0 Å². The summed E-state index contributed by atoms with van der Waals surface area (Å²) in [5.74, 6) is 0.878. The maximum atomic E-state index is 5.68. The highest BCUT2D eigenvalue weighted by molar-refractivity contribution is 6.30. The molecule has 2 heterocycles. The van der Waals surface area contributed by atoms with E-state index in [1.54, 1.807) is 24.3 Å². The summed E-state index contributed by atoms with van der Waals surface area (Å²) in [4.78, 5) is 7.94. The molecule has 15 heavy (non-hydrogen) atoms. The van der Waals surface area contributed by atoms with Crippen molar-refractivity contribution in [1.82, 2.24) is 9.97 Å². The van der Waals surface area contributed by atoms with Crippen LogP contribution in [0.4, 0.5) is 0 Å². The molecule has 0 amide bonds. The van der Waals surface area contributed by atoms with Crippen molar-refractivity contribution in [3.05, 3.63) is 46.7 Å². The summed E-state index contributed by atoms with van der Waals surface area (Å²) >= 11 is 11.4. The molecule has 2 aromatic rings. The number of halogens is 2. The first-order chi connectivity index (χ1) is 7.24. The van der Waals surface area contributed by atoms with Crippen LogP contribution >= 0.6 is 23.2 Å². The van der Waals surface area contributed by atoms with Crippen molar-refractivity contribution in [2.45, 2.75) is 0 Å². The van der Waals surface area contributed by atoms with Crippen molar-refractivity contribution < 1.29 is 4.74 Å². The first-order valence-electron chi connectivity index (χ1n) is 4.15. The van der Waals surface area contributed by atoms with Gasteiger partial charge in [0.2, 0.25) is 11.8 Å². The fourth-order valence-electron chi connectivity index (χ4n) is 0.952. The molecule has 76 valence electrons. The summed E-state index contributed by atoms with van der Waals surface area (Å²) in [6.07, 6.45) is 3.01. The van der Waals surface area contributed by atoms with Gasteiger partial charge in [-0.3, -0.25) is 0 Å². The fourth-order valence-corrected chi connectivity index (χ4v) is 1.18. The topological polar surface area (TPSA) is 35.0 Å². The molecular formula is C10H6Cl2N2O. The Morgan fingerprint density at radius 1 is 0.800 bits per heavy atom. The van der Waals surface area contributed by atoms with E-state index in [1.165, 1.54) is 12.4 Å². The average molecular weight is 241 g/mol. The van der Waals surface area contributed by atoms with E-state index in [0.717, 1.165) is 0 Å². The first kappa shape index (κ1) is 10.2. The number of ether oxygens (including phenoxy) is 1. The highest BCUT2D eigenvalue weighted by Gasteiger charge is 1.99. The summed E-state index contributed by atoms with van der Waals surface area (Å²) in [6.45, 7) is 0. The quantitative estimate of drug-likeness (QED) is 0.805. The van der Waals surface area contributed by atoms with Crippen LogP contribution in [0.15, 0.2) is 36.7 Å². The van der Waals surface area contributed by atoms with Crippen LogP contribution in [-0.4, -0.2) is 9.97 Å². The summed E-state index contributed by atoms with van der Waals surface area (Å²) in [5, 5.41) is 1.12. The fraction of sp³-hybridized carbons (Fsp3) is 0. The van der Waals surface area contributed by atoms with Gasteiger partial charge in [0.25, 0.3) is 0 Å². The molecular weight excluding hydrogens is 235 g/mol. The second kappa shape index (κ2) is 4.47. The van der Waals surface area contributed by atoms with Crippen LogP contribution in [0.1, 0.15) is 0 Å². The number of rotatable bonds is 2. The second-order valence-electron chi connectivity index (χ2n) is 2.73. The van der Waals surface area contributed by atoms with Gasteiger partial charge >= 0.3 is 0 Å². The molecule has 0 aliphatic rings. The van der Waals surface area contributed by atoms with Gasteiger partial charge in [-0.1, -0.05) is 23.2 Å². The molecule has 0 spiro atoms. The zero-order valence-electron chi connectivity index (χ0n) is 7.52. The van der Waals surface area contributed by atoms with Gasteiger partial charge in [-0.2, -0.15) is 0 Å². The molecule has 0 unspecified atom stereocenters. The number of hydrogen-bond acceptors (Lipinski definition) is 3. The van der Waals surface area contributed by atoms with Crippen LogP contribution < -0.4 is 4.74 Å². The molecule has 0 N–H and O–H groups in total. The Hall–Kier alpha value is -1.32. The van der Waals surface area contributed by atoms with Gasteiger partial charge in [0.15, 0.2) is 0 Å². The van der Waals surface area contributed by atoms with Crippen molar-refractivity contribution in [3.63, 3.8) is 0 Å². The van der Waals surface area contributed by atoms with Crippen LogP contribution in [0, 0.1) is 0 Å². The molecule has 0 bridgehead atoms. The van der Waals surface area contributed by atoms with E-state index in [2.05, 4.69) is 9.97 Å². The first-order valence-corrected chi connectivity index (χ1v) is 4.90. The highest BCUT2D eigenvalue weighted by atomic mass is 35.5. The van der Waals surface area contributed by atoms with E-state index in [1.807, 2.05) is 0 Å². The largest absolute Gasteiger partial charge is 0.421 e. The molecule has 0 atom stereocenters. The Balaban J connectivity index is 2.15. The van der Waals surface area contributed by atoms with Crippen LogP contribution in [0.25, 0.3) is 0 Å². The summed E-state index contributed by atoms with van der Waals surface area (Å²) in [5.41, 5.74) is 0. The van der Waals surface area contributed by atoms with E-state index in [4.69, 9.17) is 27.9 Å². The third kappa shape index (κ3) is 2.81. The predicted octanol–water partition coefficient (Wildman–Crippen LogP) is 3.58. The van der Waals surface area contributed by atoms with Gasteiger partial charge in [-0.25, -0.2) is 9.97 Å². The summed E-state index contributed by atoms with van der Waals surface area (Å²) < 4.78 is 5.35. The van der Waals surface area contributed by atoms with Gasteiger partial charge in [0, 0.05) is 24.5 Å². The molecule has 2 rings (SSSR count). The van der Waals surface area contributed by atoms with Crippen molar-refractivity contribution in [2.24, 2.45) is 0 Å². The predicted molar refractivity (Wildman–Crippen MR) is 58.6 cm³/mol. The minimum atomic E-state index is 0.439. The Kier molecular flexibility index (Phi) is 3.04. The smallest absolute Gasteiger partial charge is 0.221 e. The van der Waals surface area contributed by atoms with Crippen molar-refractivity contribution in [2.75, 3.05) is 0 Å². The van der Waals surface area contributed by atoms with Crippen molar-refractivity contribution in [3.8, 4) is 11.8 Å². The normalized spacial score (nSPS) is 10.0. The standard InChI is InChI=1S/C10H6Cl2N2O/c11-7-1-3-9(13-5-7)15-10-4-2-8(12)6-14-10/h1-6H. The van der Waals surface area contributed by atoms with Gasteiger partial charge in [0.1, 0.15) is 0 Å². The van der Waals surface area contributed by atoms with E-state index in [0.29, 0.717) is 21.8 Å². The molecule has 0 aliphatic heterocycles. The number of hydrogen-bond donors (Lipinski definition) is 0. The minimum Gasteiger partial charge on any atom is -0.421 e. The minimum absolute atomic E-state index is 0.439. The van der Waals surface area contributed by atoms with Crippen LogP contribution in [0.2, 0.25) is 10.0 Å². The van der Waals surface area contributed by atoms with Crippen molar-refractivity contribution in [1.29, 1.82) is 0 Å². The third-order valence-corrected chi connectivity index (χ3v) is 2.06. The maximum absolute atomic E-state index is 5.68. The van der Waals surface area contributed by atoms with E-state index < -0.39 is 0 Å². The van der Waals surface area contributed by atoms with Gasteiger partial charge < -0.3 is 4.74 Å². The number of pyridine rings is 2. The lowest BCUT2D eigenvalue weighted by Gasteiger charge is -2.02. The Morgan fingerprint density at radius 3 is 1.60 bits per heavy atom. The Bertz CT molecular complexity index is 398. The lowest BCUT2D eigenvalue weighted by atomic mass is 10.5. The number of aromatic nitrogens is 2. The van der Waals surface area contributed by atoms with Gasteiger partial charge in [-0.05, 0) is 12.1 Å². The van der Waals surface area contributed by atoms with Gasteiger partial charge in [0.05, 0.1) is 10.0 Å². The maximum Gasteiger partial charge on any atom is 0.221 e. The van der Waals surface area contributed by atoms with Crippen LogP contribution in [0.3, 0.4) is 0 Å². The molecule has 0 saturated carbocycles. The molecule has 0 aromatic carbocycles. The van der Waals surface area contributed by atoms with E-state index >= 15 is 0 Å². The molecule has 5 heteroatoms. The lowest BCUT2D eigenvalue weighted by Crippen LogP contribution is -1.89.